The van der Waals surface area contributed by atoms with Crippen LogP contribution in [0.3, 0.4) is 0 Å². The van der Waals surface area contributed by atoms with Crippen molar-refractivity contribution in [2.75, 3.05) is 61.9 Å². The second kappa shape index (κ2) is 43.5. The SMILES string of the molecule is CC.CC.CC.CC.CC.CC.CC.CC.CC.CCN(C)C.CCN(C)C.CCN(C)C.c1cc2cccc3c2c(c1)c1cccc2c4ccccc4n3c12.c1cc2cccc3c2c(c1)c1cccc2c4ccccc4n3c12.c1cc2cccc3c2c(c1)c1cccc2c4ccccc4n3c12. The Bertz CT molecular complexity index is 4780. The summed E-state index contributed by atoms with van der Waals surface area (Å²) in [5, 5.41) is 24.0. The zero-order valence-electron chi connectivity index (χ0n) is 67.8. The molecule has 6 aromatic heterocycles. The van der Waals surface area contributed by atoms with E-state index in [0.717, 1.165) is 19.6 Å². The fourth-order valence-corrected chi connectivity index (χ4v) is 12.7. The van der Waals surface area contributed by atoms with E-state index in [9.17, 15) is 0 Å². The van der Waals surface area contributed by atoms with E-state index in [2.05, 4.69) is 328 Å². The summed E-state index contributed by atoms with van der Waals surface area (Å²) in [5.41, 5.74) is 11.7. The van der Waals surface area contributed by atoms with Crippen LogP contribution in [0.2, 0.25) is 0 Å². The van der Waals surface area contributed by atoms with E-state index in [0.29, 0.717) is 0 Å². The van der Waals surface area contributed by atoms with Gasteiger partial charge in [-0.1, -0.05) is 346 Å². The topological polar surface area (TPSA) is 22.9 Å². The summed E-state index contributed by atoms with van der Waals surface area (Å²) in [6, 6.07) is 85.9. The van der Waals surface area contributed by atoms with Crippen molar-refractivity contribution in [3.8, 4) is 0 Å². The predicted octanol–water partition coefficient (Wildman–Crippen LogP) is 28.9. The molecule has 6 nitrogen and oxygen atoms in total. The van der Waals surface area contributed by atoms with Crippen LogP contribution in [0.15, 0.2) is 237 Å². The number of hydrogen-bond donors (Lipinski definition) is 0. The van der Waals surface area contributed by atoms with Crippen LogP contribution in [0.4, 0.5) is 0 Å². The Morgan fingerprint density at radius 2 is 0.333 bits per heavy atom. The van der Waals surface area contributed by atoms with E-state index < -0.39 is 0 Å². The quantitative estimate of drug-likeness (QED) is 0.130. The molecule has 0 aliphatic carbocycles. The van der Waals surface area contributed by atoms with Crippen molar-refractivity contribution in [1.29, 1.82) is 0 Å². The van der Waals surface area contributed by atoms with Crippen molar-refractivity contribution in [1.82, 2.24) is 27.9 Å². The van der Waals surface area contributed by atoms with Gasteiger partial charge in [0.25, 0.3) is 0 Å². The molecule has 18 rings (SSSR count). The van der Waals surface area contributed by atoms with Gasteiger partial charge in [-0.05, 0) is 131 Å². The summed E-state index contributed by atoms with van der Waals surface area (Å²) in [6.07, 6.45) is 0. The first-order valence-electron chi connectivity index (χ1n) is 38.7. The lowest BCUT2D eigenvalue weighted by Crippen LogP contribution is -2.08. The van der Waals surface area contributed by atoms with E-state index in [1.54, 1.807) is 0 Å². The molecule has 540 valence electrons. The summed E-state index contributed by atoms with van der Waals surface area (Å²) in [5.74, 6) is 0. The third-order valence-electron chi connectivity index (χ3n) is 17.2. The molecular formula is C96H126N6. The van der Waals surface area contributed by atoms with Crippen LogP contribution in [0, 0.1) is 0 Å². The molecule has 0 N–H and O–H groups in total. The Kier molecular flexibility index (Phi) is 36.3. The number of aromatic nitrogens is 3. The molecule has 0 bridgehead atoms. The molecule has 0 fully saturated rings. The van der Waals surface area contributed by atoms with E-state index in [-0.39, 0.29) is 0 Å². The highest BCUT2D eigenvalue weighted by atomic mass is 15.0. The van der Waals surface area contributed by atoms with E-state index in [1.165, 1.54) is 147 Å². The number of para-hydroxylation sites is 6. The molecule has 18 aromatic rings. The van der Waals surface area contributed by atoms with Crippen LogP contribution in [0.25, 0.3) is 147 Å². The Morgan fingerprint density at radius 3 is 0.539 bits per heavy atom. The smallest absolute Gasteiger partial charge is 0.0619 e. The van der Waals surface area contributed by atoms with Gasteiger partial charge in [-0.25, -0.2) is 0 Å². The Morgan fingerprint density at radius 1 is 0.186 bits per heavy atom. The maximum atomic E-state index is 2.44. The first kappa shape index (κ1) is 85.1. The van der Waals surface area contributed by atoms with Gasteiger partial charge >= 0.3 is 0 Å². The maximum Gasteiger partial charge on any atom is 0.0619 e. The predicted molar refractivity (Wildman–Crippen MR) is 471 cm³/mol. The third-order valence-corrected chi connectivity index (χ3v) is 17.2. The fourth-order valence-electron chi connectivity index (χ4n) is 12.7. The highest BCUT2D eigenvalue weighted by molar-refractivity contribution is 6.29. The van der Waals surface area contributed by atoms with Crippen molar-refractivity contribution >= 4 is 147 Å². The lowest BCUT2D eigenvalue weighted by Gasteiger charge is -2.12. The van der Waals surface area contributed by atoms with Gasteiger partial charge in [0.2, 0.25) is 0 Å². The molecule has 0 radical (unpaired) electrons. The molecular weight excluding hydrogens is 1240 g/mol. The second-order valence-corrected chi connectivity index (χ2v) is 22.9. The maximum absolute atomic E-state index is 2.44. The summed E-state index contributed by atoms with van der Waals surface area (Å²) in [4.78, 5) is 6.38. The van der Waals surface area contributed by atoms with Gasteiger partial charge in [0, 0.05) is 64.6 Å². The average Bonchev–Trinajstić information content (AvgIpc) is 1.39. The molecule has 0 saturated heterocycles. The van der Waals surface area contributed by atoms with Crippen molar-refractivity contribution < 1.29 is 0 Å². The number of pyridine rings is 3. The summed E-state index contributed by atoms with van der Waals surface area (Å²) in [6.45, 7) is 45.8. The van der Waals surface area contributed by atoms with Crippen molar-refractivity contribution in [2.45, 2.75) is 145 Å². The van der Waals surface area contributed by atoms with Gasteiger partial charge in [-0.3, -0.25) is 0 Å². The van der Waals surface area contributed by atoms with Gasteiger partial charge in [-0.2, -0.15) is 0 Å². The normalized spacial score (nSPS) is 10.3. The lowest BCUT2D eigenvalue weighted by atomic mass is 9.99. The van der Waals surface area contributed by atoms with Gasteiger partial charge in [-0.15, -0.1) is 0 Å². The summed E-state index contributed by atoms with van der Waals surface area (Å²) < 4.78 is 7.32. The number of fused-ring (bicyclic) bond motifs is 15. The highest BCUT2D eigenvalue weighted by Crippen LogP contribution is 2.43. The summed E-state index contributed by atoms with van der Waals surface area (Å²) >= 11 is 0. The molecule has 0 saturated carbocycles. The molecule has 0 aliphatic rings. The molecule has 6 heteroatoms. The van der Waals surface area contributed by atoms with E-state index in [1.807, 2.05) is 125 Å². The van der Waals surface area contributed by atoms with Crippen molar-refractivity contribution in [3.63, 3.8) is 0 Å². The van der Waals surface area contributed by atoms with Crippen LogP contribution in [-0.4, -0.2) is 89.8 Å². The highest BCUT2D eigenvalue weighted by Gasteiger charge is 2.20. The van der Waals surface area contributed by atoms with Crippen LogP contribution in [0.5, 0.6) is 0 Å². The van der Waals surface area contributed by atoms with Gasteiger partial charge in [0.1, 0.15) is 0 Å². The minimum Gasteiger partial charge on any atom is -0.310 e. The molecule has 0 atom stereocenters. The minimum atomic E-state index is 1.14. The first-order chi connectivity index (χ1) is 50.1. The zero-order chi connectivity index (χ0) is 75.8. The molecule has 0 unspecified atom stereocenters. The number of hydrogen-bond acceptors (Lipinski definition) is 3. The number of nitrogens with zero attached hydrogens (tertiary/aromatic N) is 6. The summed E-state index contributed by atoms with van der Waals surface area (Å²) in [7, 11) is 12.3. The van der Waals surface area contributed by atoms with Crippen LogP contribution in [-0.2, 0) is 0 Å². The zero-order valence-corrected chi connectivity index (χ0v) is 67.8. The van der Waals surface area contributed by atoms with Crippen molar-refractivity contribution in [3.05, 3.63) is 237 Å². The van der Waals surface area contributed by atoms with Crippen LogP contribution >= 0.6 is 0 Å². The van der Waals surface area contributed by atoms with E-state index in [4.69, 9.17) is 0 Å². The second-order valence-electron chi connectivity index (χ2n) is 22.9. The molecule has 12 aromatic carbocycles. The largest absolute Gasteiger partial charge is 0.310 e. The lowest BCUT2D eigenvalue weighted by molar-refractivity contribution is 0.434. The Balaban J connectivity index is 0.000000268. The van der Waals surface area contributed by atoms with Gasteiger partial charge in [0.05, 0.1) is 49.7 Å². The Hall–Kier alpha value is -9.30. The molecule has 0 spiro atoms. The molecule has 6 heterocycles. The first-order valence-corrected chi connectivity index (χ1v) is 38.7. The number of benzene rings is 12. The minimum absolute atomic E-state index is 1.14. The van der Waals surface area contributed by atoms with Gasteiger partial charge < -0.3 is 27.9 Å². The van der Waals surface area contributed by atoms with Gasteiger partial charge in [0.15, 0.2) is 0 Å². The molecule has 102 heavy (non-hydrogen) atoms. The molecule has 0 amide bonds. The molecule has 0 aliphatic heterocycles. The average molecular weight is 1360 g/mol. The van der Waals surface area contributed by atoms with Crippen LogP contribution < -0.4 is 0 Å². The van der Waals surface area contributed by atoms with E-state index >= 15 is 0 Å². The monoisotopic (exact) mass is 1360 g/mol. The fraction of sp³-hybridized carbons (Fsp3) is 0.312. The standard InChI is InChI=1S/3C22H13N.3C4H11N.9C2H6/c3*1-2-12-19-15(8-1)17-10-5-11-18-16-9-3-6-14-7-4-13-20(21(14)16)23(19)22(17)18;3*1-4-5(2)3;9*1-2/h3*1-13H;3*4H2,1-3H3;9*1-2H3. The van der Waals surface area contributed by atoms with Crippen molar-refractivity contribution in [2.24, 2.45) is 0 Å². The number of rotatable bonds is 3. The van der Waals surface area contributed by atoms with Crippen LogP contribution in [0.1, 0.15) is 145 Å². The Labute approximate surface area is 614 Å². The third kappa shape index (κ3) is 17.6.